The summed E-state index contributed by atoms with van der Waals surface area (Å²) in [6, 6.07) is 6.24. The minimum absolute atomic E-state index is 0.293. The van der Waals surface area contributed by atoms with E-state index in [2.05, 4.69) is 43.2 Å². The molecule has 0 unspecified atom stereocenters. The van der Waals surface area contributed by atoms with Gasteiger partial charge in [0.1, 0.15) is 12.0 Å². The molecule has 0 bridgehead atoms. The Bertz CT molecular complexity index is 561. The zero-order valence-electron chi connectivity index (χ0n) is 12.6. The lowest BCUT2D eigenvalue weighted by atomic mass is 10.0. The van der Waals surface area contributed by atoms with Crippen LogP contribution in [0.15, 0.2) is 28.9 Å². The van der Waals surface area contributed by atoms with Gasteiger partial charge in [-0.05, 0) is 36.6 Å². The summed E-state index contributed by atoms with van der Waals surface area (Å²) >= 11 is 0. The summed E-state index contributed by atoms with van der Waals surface area (Å²) in [6.07, 6.45) is 1.92. The molecule has 0 radical (unpaired) electrons. The van der Waals surface area contributed by atoms with E-state index in [-0.39, 0.29) is 0 Å². The first-order valence-electron chi connectivity index (χ1n) is 7.03. The molecule has 0 aliphatic rings. The van der Waals surface area contributed by atoms with Gasteiger partial charge >= 0.3 is 6.08 Å². The van der Waals surface area contributed by atoms with Gasteiger partial charge in [0.15, 0.2) is 0 Å². The molecule has 4 nitrogen and oxygen atoms in total. The summed E-state index contributed by atoms with van der Waals surface area (Å²) < 4.78 is 11.1. The Kier molecular flexibility index (Phi) is 4.79. The van der Waals surface area contributed by atoms with Gasteiger partial charge in [-0.25, -0.2) is 0 Å². The number of hydrogen-bond acceptors (Lipinski definition) is 4. The second kappa shape index (κ2) is 6.57. The van der Waals surface area contributed by atoms with Gasteiger partial charge < -0.3 is 14.5 Å². The summed E-state index contributed by atoms with van der Waals surface area (Å²) in [5.41, 5.74) is 3.16. The summed E-state index contributed by atoms with van der Waals surface area (Å²) in [5, 5.41) is 3.20. The molecule has 0 saturated carbocycles. The number of rotatable bonds is 6. The van der Waals surface area contributed by atoms with Crippen LogP contribution in [0.5, 0.6) is 11.8 Å². The zero-order valence-corrected chi connectivity index (χ0v) is 12.6. The van der Waals surface area contributed by atoms with Crippen molar-refractivity contribution in [3.8, 4) is 11.8 Å². The average Bonchev–Trinajstić information content (AvgIpc) is 2.86. The predicted octanol–water partition coefficient (Wildman–Crippen LogP) is 4.01. The molecule has 20 heavy (non-hydrogen) atoms. The summed E-state index contributed by atoms with van der Waals surface area (Å²) in [4.78, 5) is 4.31. The molecule has 1 aromatic carbocycles. The zero-order chi connectivity index (χ0) is 14.5. The molecule has 0 aliphatic carbocycles. The Labute approximate surface area is 120 Å². The van der Waals surface area contributed by atoms with Crippen LogP contribution in [0, 0.1) is 6.92 Å². The van der Waals surface area contributed by atoms with E-state index in [9.17, 15) is 0 Å². The Balaban J connectivity index is 2.12. The van der Waals surface area contributed by atoms with Crippen molar-refractivity contribution in [3.63, 3.8) is 0 Å². The molecule has 108 valence electrons. The first kappa shape index (κ1) is 14.6. The normalized spacial score (nSPS) is 11.1. The number of oxazole rings is 1. The SMILES string of the molecule is CCNCc1coc(Oc2cc(C(C)C)ccc2C)n1. The molecular weight excluding hydrogens is 252 g/mol. The summed E-state index contributed by atoms with van der Waals surface area (Å²) in [7, 11) is 0. The van der Waals surface area contributed by atoms with Crippen molar-refractivity contribution in [2.45, 2.75) is 40.2 Å². The smallest absolute Gasteiger partial charge is 0.399 e. The van der Waals surface area contributed by atoms with Crippen LogP contribution in [0.25, 0.3) is 0 Å². The number of hydrogen-bond donors (Lipinski definition) is 1. The van der Waals surface area contributed by atoms with Crippen molar-refractivity contribution >= 4 is 0 Å². The van der Waals surface area contributed by atoms with Gasteiger partial charge in [-0.2, -0.15) is 4.98 Å². The Morgan fingerprint density at radius 1 is 1.35 bits per heavy atom. The molecule has 0 amide bonds. The van der Waals surface area contributed by atoms with E-state index < -0.39 is 0 Å². The van der Waals surface area contributed by atoms with Crippen molar-refractivity contribution in [2.75, 3.05) is 6.54 Å². The summed E-state index contributed by atoms with van der Waals surface area (Å²) in [5.74, 6) is 1.26. The lowest BCUT2D eigenvalue weighted by molar-refractivity contribution is 0.329. The van der Waals surface area contributed by atoms with Crippen LogP contribution < -0.4 is 10.1 Å². The Morgan fingerprint density at radius 2 is 2.15 bits per heavy atom. The first-order chi connectivity index (χ1) is 9.60. The van der Waals surface area contributed by atoms with Gasteiger partial charge in [0.25, 0.3) is 0 Å². The molecule has 2 aromatic rings. The molecule has 0 fully saturated rings. The van der Waals surface area contributed by atoms with Crippen molar-refractivity contribution in [1.82, 2.24) is 10.3 Å². The Hall–Kier alpha value is -1.81. The molecule has 1 aromatic heterocycles. The second-order valence-electron chi connectivity index (χ2n) is 5.17. The quantitative estimate of drug-likeness (QED) is 0.864. The third-order valence-corrected chi connectivity index (χ3v) is 3.16. The fraction of sp³-hybridized carbons (Fsp3) is 0.438. The lowest BCUT2D eigenvalue weighted by Crippen LogP contribution is -2.11. The molecule has 0 saturated heterocycles. The van der Waals surface area contributed by atoms with Crippen LogP contribution in [-0.2, 0) is 6.54 Å². The molecule has 4 heteroatoms. The minimum atomic E-state index is 0.293. The van der Waals surface area contributed by atoms with E-state index in [1.54, 1.807) is 6.26 Å². The lowest BCUT2D eigenvalue weighted by Gasteiger charge is -2.10. The van der Waals surface area contributed by atoms with E-state index >= 15 is 0 Å². The number of aromatic nitrogens is 1. The first-order valence-corrected chi connectivity index (χ1v) is 7.03. The van der Waals surface area contributed by atoms with Crippen molar-refractivity contribution in [3.05, 3.63) is 41.3 Å². The Morgan fingerprint density at radius 3 is 2.85 bits per heavy atom. The molecule has 0 atom stereocenters. The van der Waals surface area contributed by atoms with Crippen LogP contribution in [0.3, 0.4) is 0 Å². The highest BCUT2D eigenvalue weighted by atomic mass is 16.6. The van der Waals surface area contributed by atoms with Crippen LogP contribution in [-0.4, -0.2) is 11.5 Å². The highest BCUT2D eigenvalue weighted by Crippen LogP contribution is 2.28. The van der Waals surface area contributed by atoms with Crippen molar-refractivity contribution in [1.29, 1.82) is 0 Å². The van der Waals surface area contributed by atoms with E-state index in [0.717, 1.165) is 23.6 Å². The van der Waals surface area contributed by atoms with Crippen LogP contribution in [0.1, 0.15) is 43.5 Å². The van der Waals surface area contributed by atoms with Gasteiger partial charge in [0, 0.05) is 6.54 Å². The van der Waals surface area contributed by atoms with Gasteiger partial charge in [0.05, 0.1) is 5.69 Å². The highest BCUT2D eigenvalue weighted by molar-refractivity contribution is 5.39. The van der Waals surface area contributed by atoms with Gasteiger partial charge in [-0.3, -0.25) is 0 Å². The topological polar surface area (TPSA) is 47.3 Å². The van der Waals surface area contributed by atoms with Gasteiger partial charge in [-0.15, -0.1) is 0 Å². The van der Waals surface area contributed by atoms with E-state index in [0.29, 0.717) is 18.5 Å². The largest absolute Gasteiger partial charge is 0.417 e. The predicted molar refractivity (Wildman–Crippen MR) is 79.2 cm³/mol. The number of nitrogens with zero attached hydrogens (tertiary/aromatic N) is 1. The molecular formula is C16H22N2O2. The van der Waals surface area contributed by atoms with Crippen molar-refractivity contribution < 1.29 is 9.15 Å². The maximum atomic E-state index is 5.76. The van der Waals surface area contributed by atoms with Crippen molar-refractivity contribution in [2.24, 2.45) is 0 Å². The number of aryl methyl sites for hydroxylation is 1. The third-order valence-electron chi connectivity index (χ3n) is 3.16. The fourth-order valence-electron chi connectivity index (χ4n) is 1.85. The van der Waals surface area contributed by atoms with Crippen LogP contribution in [0.2, 0.25) is 0 Å². The highest BCUT2D eigenvalue weighted by Gasteiger charge is 2.10. The fourth-order valence-corrected chi connectivity index (χ4v) is 1.85. The second-order valence-corrected chi connectivity index (χ2v) is 5.17. The third kappa shape index (κ3) is 3.61. The van der Waals surface area contributed by atoms with E-state index in [1.807, 2.05) is 13.0 Å². The van der Waals surface area contributed by atoms with E-state index in [4.69, 9.17) is 9.15 Å². The molecule has 2 rings (SSSR count). The summed E-state index contributed by atoms with van der Waals surface area (Å²) in [6.45, 7) is 9.98. The monoisotopic (exact) mass is 274 g/mol. The maximum absolute atomic E-state index is 5.76. The van der Waals surface area contributed by atoms with Gasteiger partial charge in [0.2, 0.25) is 0 Å². The average molecular weight is 274 g/mol. The van der Waals surface area contributed by atoms with Gasteiger partial charge in [-0.1, -0.05) is 32.9 Å². The number of ether oxygens (including phenoxy) is 1. The minimum Gasteiger partial charge on any atom is -0.417 e. The van der Waals surface area contributed by atoms with E-state index in [1.165, 1.54) is 5.56 Å². The number of nitrogens with one attached hydrogen (secondary N) is 1. The molecule has 0 aliphatic heterocycles. The molecule has 1 N–H and O–H groups in total. The molecule has 1 heterocycles. The van der Waals surface area contributed by atoms with Crippen LogP contribution >= 0.6 is 0 Å². The number of benzene rings is 1. The van der Waals surface area contributed by atoms with Crippen LogP contribution in [0.4, 0.5) is 0 Å². The standard InChI is InChI=1S/C16H22N2O2/c1-5-17-9-14-10-19-16(18-14)20-15-8-13(11(2)3)7-6-12(15)4/h6-8,10-11,17H,5,9H2,1-4H3. The maximum Gasteiger partial charge on any atom is 0.399 e. The molecule has 0 spiro atoms.